The minimum absolute atomic E-state index is 0.293. The summed E-state index contributed by atoms with van der Waals surface area (Å²) in [7, 11) is 0. The van der Waals surface area contributed by atoms with Crippen LogP contribution in [-0.2, 0) is 0 Å². The first-order valence-corrected chi connectivity index (χ1v) is 6.09. The second-order valence-electron chi connectivity index (χ2n) is 4.22. The molecular formula is C15H11N3O2. The van der Waals surface area contributed by atoms with E-state index in [4.69, 9.17) is 0 Å². The van der Waals surface area contributed by atoms with Gasteiger partial charge in [0.1, 0.15) is 5.70 Å². The zero-order valence-electron chi connectivity index (χ0n) is 10.5. The third-order valence-electron chi connectivity index (χ3n) is 2.97. The van der Waals surface area contributed by atoms with Crippen LogP contribution in [0.1, 0.15) is 5.69 Å². The standard InChI is InChI=1S/C15H11N3O2/c19-17-10-4-2-8-14(17)15-12(6-5-11-18(15)20)13-7-1-3-9-16-13/h1-11H. The second-order valence-corrected chi connectivity index (χ2v) is 4.22. The Labute approximate surface area is 115 Å². The number of pyridine rings is 1. The molecule has 1 aromatic heterocycles. The number of hydrogen-bond acceptors (Lipinski definition) is 4. The van der Waals surface area contributed by atoms with Crippen LogP contribution < -0.4 is 0 Å². The van der Waals surface area contributed by atoms with Crippen molar-refractivity contribution in [1.29, 1.82) is 0 Å². The summed E-state index contributed by atoms with van der Waals surface area (Å²) in [6.07, 6.45) is 12.8. The molecular weight excluding hydrogens is 254 g/mol. The fraction of sp³-hybridized carbons (Fsp3) is 0. The molecule has 20 heavy (non-hydrogen) atoms. The van der Waals surface area contributed by atoms with Gasteiger partial charge in [-0.1, -0.05) is 12.1 Å². The lowest BCUT2D eigenvalue weighted by Crippen LogP contribution is -2.17. The van der Waals surface area contributed by atoms with Gasteiger partial charge in [0.15, 0.2) is 0 Å². The molecule has 2 aliphatic heterocycles. The van der Waals surface area contributed by atoms with E-state index in [1.165, 1.54) is 12.4 Å². The number of nitrogens with zero attached hydrogens (tertiary/aromatic N) is 3. The number of aromatic nitrogens is 1. The molecule has 0 saturated carbocycles. The van der Waals surface area contributed by atoms with Crippen LogP contribution >= 0.6 is 0 Å². The maximum absolute atomic E-state index is 12.1. The summed E-state index contributed by atoms with van der Waals surface area (Å²) in [6, 6.07) is 5.44. The van der Waals surface area contributed by atoms with E-state index in [1.807, 2.05) is 6.07 Å². The Balaban J connectivity index is 2.17. The van der Waals surface area contributed by atoms with E-state index in [-0.39, 0.29) is 0 Å². The molecule has 0 radical (unpaired) electrons. The number of hydroxylamine groups is 2. The summed E-state index contributed by atoms with van der Waals surface area (Å²) in [5, 5.41) is 12.6. The Hall–Kier alpha value is -2.79. The molecule has 0 amide bonds. The van der Waals surface area contributed by atoms with Crippen LogP contribution in [0, 0.1) is 10.1 Å². The minimum atomic E-state index is 0.293. The Kier molecular flexibility index (Phi) is 3.10. The molecule has 98 valence electrons. The van der Waals surface area contributed by atoms with Gasteiger partial charge in [-0.2, -0.15) is 0 Å². The number of hydrogen-bond donors (Lipinski definition) is 0. The van der Waals surface area contributed by atoms with Gasteiger partial charge in [0, 0.05) is 17.2 Å². The lowest BCUT2D eigenvalue weighted by molar-refractivity contribution is -0.419. The average Bonchev–Trinajstić information content (AvgIpc) is 2.49. The van der Waals surface area contributed by atoms with Crippen LogP contribution in [0.2, 0.25) is 0 Å². The molecule has 0 aliphatic carbocycles. The Morgan fingerprint density at radius 1 is 1.20 bits per heavy atom. The lowest BCUT2D eigenvalue weighted by Gasteiger charge is -2.29. The molecule has 0 fully saturated rings. The molecule has 0 unspecified atom stereocenters. The predicted molar refractivity (Wildman–Crippen MR) is 75.5 cm³/mol. The maximum Gasteiger partial charge on any atom is 0.294 e. The third kappa shape index (κ3) is 2.10. The zero-order chi connectivity index (χ0) is 13.9. The molecule has 2 aliphatic rings. The quantitative estimate of drug-likeness (QED) is 0.732. The predicted octanol–water partition coefficient (Wildman–Crippen LogP) is 2.87. The van der Waals surface area contributed by atoms with Gasteiger partial charge in [-0.15, -0.1) is 0 Å². The summed E-state index contributed by atoms with van der Waals surface area (Å²) in [5.41, 5.74) is 1.86. The van der Waals surface area contributed by atoms with Gasteiger partial charge in [0.05, 0.1) is 16.0 Å². The molecule has 5 heteroatoms. The van der Waals surface area contributed by atoms with Gasteiger partial charge in [0.2, 0.25) is 6.20 Å². The lowest BCUT2D eigenvalue weighted by atomic mass is 10.0. The van der Waals surface area contributed by atoms with Crippen LogP contribution in [0.3, 0.4) is 0 Å². The summed E-state index contributed by atoms with van der Waals surface area (Å²) in [5.74, 6) is 0. The van der Waals surface area contributed by atoms with Crippen molar-refractivity contribution < 1.29 is 4.76 Å². The Morgan fingerprint density at radius 3 is 2.85 bits per heavy atom. The monoisotopic (exact) mass is 265 g/mol. The fourth-order valence-electron chi connectivity index (χ4n) is 2.08. The highest BCUT2D eigenvalue weighted by atomic mass is 16.5. The minimum Gasteiger partial charge on any atom is -0.754 e. The number of rotatable bonds is 1. The molecule has 0 saturated heterocycles. The van der Waals surface area contributed by atoms with Crippen molar-refractivity contribution in [3.05, 3.63) is 94.4 Å². The van der Waals surface area contributed by atoms with E-state index < -0.39 is 0 Å². The fourth-order valence-corrected chi connectivity index (χ4v) is 2.08. The van der Waals surface area contributed by atoms with Crippen molar-refractivity contribution in [2.24, 2.45) is 0 Å². The van der Waals surface area contributed by atoms with Crippen LogP contribution in [0.4, 0.5) is 0 Å². The molecule has 0 spiro atoms. The maximum atomic E-state index is 12.1. The summed E-state index contributed by atoms with van der Waals surface area (Å²) in [6.45, 7) is 0. The van der Waals surface area contributed by atoms with Crippen LogP contribution in [0.5, 0.6) is 0 Å². The van der Waals surface area contributed by atoms with Crippen molar-refractivity contribution >= 4 is 5.57 Å². The van der Waals surface area contributed by atoms with Gasteiger partial charge in [-0.05, 0) is 36.6 Å². The van der Waals surface area contributed by atoms with Crippen LogP contribution in [0.15, 0.2) is 78.6 Å². The summed E-state index contributed by atoms with van der Waals surface area (Å²) >= 11 is 0. The van der Waals surface area contributed by atoms with Gasteiger partial charge in [-0.25, -0.2) is 0 Å². The third-order valence-corrected chi connectivity index (χ3v) is 2.97. The first kappa shape index (κ1) is 12.3. The molecule has 5 nitrogen and oxygen atoms in total. The first-order valence-electron chi connectivity index (χ1n) is 6.09. The van der Waals surface area contributed by atoms with E-state index in [1.54, 1.807) is 48.7 Å². The summed E-state index contributed by atoms with van der Waals surface area (Å²) in [4.78, 5) is 16.3. The molecule has 0 aromatic carbocycles. The topological polar surface area (TPSA) is 59.3 Å². The Bertz CT molecular complexity index is 697. The zero-order valence-corrected chi connectivity index (χ0v) is 10.5. The largest absolute Gasteiger partial charge is 0.754 e. The van der Waals surface area contributed by atoms with Crippen molar-refractivity contribution in [1.82, 2.24) is 10.0 Å². The molecule has 0 N–H and O–H groups in total. The number of allylic oxidation sites excluding steroid dienone is 6. The van der Waals surface area contributed by atoms with E-state index in [2.05, 4.69) is 4.98 Å². The second kappa shape index (κ2) is 5.07. The highest BCUT2D eigenvalue weighted by Gasteiger charge is 2.29. The average molecular weight is 265 g/mol. The number of nitroso groups, excluding NO2 is 1. The molecule has 0 bridgehead atoms. The van der Waals surface area contributed by atoms with E-state index >= 15 is 0 Å². The van der Waals surface area contributed by atoms with E-state index in [0.717, 1.165) is 0 Å². The van der Waals surface area contributed by atoms with Crippen LogP contribution in [0.25, 0.3) is 5.57 Å². The normalized spacial score (nSPS) is 21.4. The van der Waals surface area contributed by atoms with E-state index in [0.29, 0.717) is 32.5 Å². The summed E-state index contributed by atoms with van der Waals surface area (Å²) < 4.78 is 0.688. The molecule has 3 heterocycles. The van der Waals surface area contributed by atoms with Gasteiger partial charge >= 0.3 is 0 Å². The Morgan fingerprint density at radius 2 is 2.10 bits per heavy atom. The van der Waals surface area contributed by atoms with Crippen LogP contribution in [-0.4, -0.2) is 14.8 Å². The van der Waals surface area contributed by atoms with Gasteiger partial charge < -0.3 is 10.3 Å². The van der Waals surface area contributed by atoms with Gasteiger partial charge in [0.25, 0.3) is 5.70 Å². The van der Waals surface area contributed by atoms with E-state index in [9.17, 15) is 10.1 Å². The highest BCUT2D eigenvalue weighted by molar-refractivity contribution is 5.78. The van der Waals surface area contributed by atoms with Crippen molar-refractivity contribution in [3.63, 3.8) is 0 Å². The van der Waals surface area contributed by atoms with Crippen molar-refractivity contribution in [3.8, 4) is 0 Å². The first-order chi connectivity index (χ1) is 9.77. The smallest absolute Gasteiger partial charge is 0.294 e. The SMILES string of the molecule is O=[N+]1C=CC=C(c2ccccn2)C1=C1C=CC=CN1[O-]. The van der Waals surface area contributed by atoms with Crippen molar-refractivity contribution in [2.75, 3.05) is 0 Å². The molecule has 0 atom stereocenters. The molecule has 1 aromatic rings. The molecule has 3 rings (SSSR count). The van der Waals surface area contributed by atoms with Gasteiger partial charge in [-0.3, -0.25) is 4.98 Å². The highest BCUT2D eigenvalue weighted by Crippen LogP contribution is 2.30. The van der Waals surface area contributed by atoms with Crippen molar-refractivity contribution in [2.45, 2.75) is 0 Å².